The number of ether oxygens (including phenoxy) is 2. The molecule has 0 fully saturated rings. The number of rotatable bonds is 8. The second-order valence-corrected chi connectivity index (χ2v) is 5.64. The summed E-state index contributed by atoms with van der Waals surface area (Å²) in [7, 11) is 1.55. The molecule has 0 radical (unpaired) electrons. The van der Waals surface area contributed by atoms with Crippen LogP contribution in [0.1, 0.15) is 19.4 Å². The monoisotopic (exact) mass is 360 g/mol. The topological polar surface area (TPSA) is 69.2 Å². The molecule has 0 aliphatic carbocycles. The van der Waals surface area contributed by atoms with Crippen LogP contribution in [-0.2, 0) is 9.63 Å². The minimum absolute atomic E-state index is 0.0309. The summed E-state index contributed by atoms with van der Waals surface area (Å²) in [5.41, 5.74) is 1.08. The molecular weight excluding hydrogens is 339 g/mol. The number of anilines is 1. The maximum Gasteiger partial charge on any atom is 0.265 e. The molecule has 6 nitrogen and oxygen atoms in total. The van der Waals surface area contributed by atoms with Gasteiger partial charge in [0.1, 0.15) is 5.82 Å². The SMILES string of the molecule is COc1cc(/C=N\OCC(=O)Nc2cccc(F)c2)ccc1OC(C)C. The highest BCUT2D eigenvalue weighted by atomic mass is 19.1. The number of amides is 1. The fourth-order valence-corrected chi connectivity index (χ4v) is 2.07. The lowest BCUT2D eigenvalue weighted by Gasteiger charge is -2.13. The van der Waals surface area contributed by atoms with E-state index in [1.54, 1.807) is 31.4 Å². The Kier molecular flexibility index (Phi) is 6.96. The number of carbonyl (C=O) groups excluding carboxylic acids is 1. The lowest BCUT2D eigenvalue weighted by molar-refractivity contribution is -0.120. The molecule has 0 saturated heterocycles. The lowest BCUT2D eigenvalue weighted by atomic mass is 10.2. The molecule has 26 heavy (non-hydrogen) atoms. The highest BCUT2D eigenvalue weighted by Gasteiger charge is 2.07. The van der Waals surface area contributed by atoms with E-state index >= 15 is 0 Å². The van der Waals surface area contributed by atoms with Crippen molar-refractivity contribution in [3.8, 4) is 11.5 Å². The fraction of sp³-hybridized carbons (Fsp3) is 0.263. The van der Waals surface area contributed by atoms with E-state index in [-0.39, 0.29) is 12.7 Å². The normalized spacial score (nSPS) is 10.8. The minimum atomic E-state index is -0.439. The van der Waals surface area contributed by atoms with Gasteiger partial charge in [0.15, 0.2) is 18.1 Å². The maximum atomic E-state index is 13.0. The van der Waals surface area contributed by atoms with Crippen molar-refractivity contribution in [2.24, 2.45) is 5.16 Å². The zero-order chi connectivity index (χ0) is 18.9. The third kappa shape index (κ3) is 6.08. The first-order chi connectivity index (χ1) is 12.5. The highest BCUT2D eigenvalue weighted by molar-refractivity contribution is 5.91. The number of hydrogen-bond donors (Lipinski definition) is 1. The van der Waals surface area contributed by atoms with Gasteiger partial charge in [-0.3, -0.25) is 4.79 Å². The van der Waals surface area contributed by atoms with Gasteiger partial charge >= 0.3 is 0 Å². The molecule has 0 aliphatic rings. The zero-order valence-electron chi connectivity index (χ0n) is 14.9. The van der Waals surface area contributed by atoms with Crippen molar-refractivity contribution in [2.75, 3.05) is 19.0 Å². The Morgan fingerprint density at radius 2 is 2.04 bits per heavy atom. The first-order valence-electron chi connectivity index (χ1n) is 8.03. The average Bonchev–Trinajstić information content (AvgIpc) is 2.59. The van der Waals surface area contributed by atoms with Crippen LogP contribution in [0.5, 0.6) is 11.5 Å². The Bertz CT molecular complexity index is 778. The third-order valence-electron chi connectivity index (χ3n) is 3.13. The molecule has 0 aromatic heterocycles. The van der Waals surface area contributed by atoms with Crippen molar-refractivity contribution < 1.29 is 23.5 Å². The van der Waals surface area contributed by atoms with Crippen molar-refractivity contribution in [2.45, 2.75) is 20.0 Å². The van der Waals surface area contributed by atoms with Gasteiger partial charge in [0, 0.05) is 11.3 Å². The molecular formula is C19H21FN2O4. The highest BCUT2D eigenvalue weighted by Crippen LogP contribution is 2.28. The molecule has 1 N–H and O–H groups in total. The average molecular weight is 360 g/mol. The molecule has 0 heterocycles. The molecule has 0 atom stereocenters. The molecule has 2 aromatic carbocycles. The van der Waals surface area contributed by atoms with Crippen LogP contribution in [0.15, 0.2) is 47.6 Å². The van der Waals surface area contributed by atoms with Gasteiger partial charge in [0.05, 0.1) is 19.4 Å². The Balaban J connectivity index is 1.87. The van der Waals surface area contributed by atoms with Gasteiger partial charge in [0.25, 0.3) is 5.91 Å². The van der Waals surface area contributed by atoms with Crippen LogP contribution in [-0.4, -0.2) is 31.9 Å². The van der Waals surface area contributed by atoms with E-state index in [9.17, 15) is 9.18 Å². The summed E-state index contributed by atoms with van der Waals surface area (Å²) >= 11 is 0. The minimum Gasteiger partial charge on any atom is -0.493 e. The number of carbonyl (C=O) groups is 1. The molecule has 2 aromatic rings. The summed E-state index contributed by atoms with van der Waals surface area (Å²) in [5, 5.41) is 6.26. The van der Waals surface area contributed by atoms with Crippen molar-refractivity contribution in [1.29, 1.82) is 0 Å². The molecule has 0 unspecified atom stereocenters. The Labute approximate surface area is 151 Å². The Morgan fingerprint density at radius 3 is 2.73 bits per heavy atom. The fourth-order valence-electron chi connectivity index (χ4n) is 2.07. The second kappa shape index (κ2) is 9.41. The molecule has 0 saturated carbocycles. The van der Waals surface area contributed by atoms with E-state index in [0.29, 0.717) is 17.2 Å². The van der Waals surface area contributed by atoms with E-state index in [0.717, 1.165) is 5.56 Å². The van der Waals surface area contributed by atoms with Gasteiger partial charge in [-0.2, -0.15) is 0 Å². The summed E-state index contributed by atoms with van der Waals surface area (Å²) in [6.07, 6.45) is 1.49. The Hall–Kier alpha value is -3.09. The van der Waals surface area contributed by atoms with Crippen LogP contribution in [0, 0.1) is 5.82 Å². The number of halogens is 1. The van der Waals surface area contributed by atoms with E-state index in [1.807, 2.05) is 13.8 Å². The smallest absolute Gasteiger partial charge is 0.265 e. The number of nitrogens with one attached hydrogen (secondary N) is 1. The standard InChI is InChI=1S/C19H21FN2O4/c1-13(2)26-17-8-7-14(9-18(17)24-3)11-21-25-12-19(23)22-16-6-4-5-15(20)10-16/h4-11,13H,12H2,1-3H3,(H,22,23)/b21-11-. The van der Waals surface area contributed by atoms with Gasteiger partial charge in [0.2, 0.25) is 0 Å². The van der Waals surface area contributed by atoms with Crippen LogP contribution < -0.4 is 14.8 Å². The van der Waals surface area contributed by atoms with Crippen molar-refractivity contribution in [1.82, 2.24) is 0 Å². The van der Waals surface area contributed by atoms with E-state index in [2.05, 4.69) is 10.5 Å². The van der Waals surface area contributed by atoms with E-state index < -0.39 is 11.7 Å². The Morgan fingerprint density at radius 1 is 1.23 bits per heavy atom. The maximum absolute atomic E-state index is 13.0. The van der Waals surface area contributed by atoms with Gasteiger partial charge in [-0.1, -0.05) is 11.2 Å². The number of nitrogens with zero attached hydrogens (tertiary/aromatic N) is 1. The molecule has 1 amide bonds. The summed E-state index contributed by atoms with van der Waals surface area (Å²) in [6, 6.07) is 10.9. The molecule has 2 rings (SSSR count). The molecule has 0 bridgehead atoms. The predicted octanol–water partition coefficient (Wildman–Crippen LogP) is 3.61. The molecule has 7 heteroatoms. The van der Waals surface area contributed by atoms with Crippen LogP contribution in [0.4, 0.5) is 10.1 Å². The third-order valence-corrected chi connectivity index (χ3v) is 3.13. The van der Waals surface area contributed by atoms with Crippen molar-refractivity contribution in [3.05, 3.63) is 53.8 Å². The molecule has 0 aliphatic heterocycles. The summed E-state index contributed by atoms with van der Waals surface area (Å²) in [6.45, 7) is 3.56. The van der Waals surface area contributed by atoms with Crippen LogP contribution in [0.3, 0.4) is 0 Å². The van der Waals surface area contributed by atoms with Gasteiger partial charge < -0.3 is 19.6 Å². The number of benzene rings is 2. The summed E-state index contributed by atoms with van der Waals surface area (Å²) in [4.78, 5) is 16.7. The first kappa shape index (κ1) is 19.2. The number of oxime groups is 1. The van der Waals surface area contributed by atoms with E-state index in [4.69, 9.17) is 14.3 Å². The second-order valence-electron chi connectivity index (χ2n) is 5.64. The quantitative estimate of drug-likeness (QED) is 0.577. The first-order valence-corrected chi connectivity index (χ1v) is 8.03. The van der Waals surface area contributed by atoms with Gasteiger partial charge in [-0.05, 0) is 50.2 Å². The van der Waals surface area contributed by atoms with Crippen LogP contribution in [0.2, 0.25) is 0 Å². The summed E-state index contributed by atoms with van der Waals surface area (Å²) in [5.74, 6) is 0.341. The molecule has 138 valence electrons. The summed E-state index contributed by atoms with van der Waals surface area (Å²) < 4.78 is 24.0. The predicted molar refractivity (Wildman–Crippen MR) is 97.3 cm³/mol. The molecule has 0 spiro atoms. The zero-order valence-corrected chi connectivity index (χ0v) is 14.9. The van der Waals surface area contributed by atoms with Gasteiger partial charge in [-0.15, -0.1) is 0 Å². The van der Waals surface area contributed by atoms with Crippen LogP contribution in [0.25, 0.3) is 0 Å². The van der Waals surface area contributed by atoms with Crippen LogP contribution >= 0.6 is 0 Å². The lowest BCUT2D eigenvalue weighted by Crippen LogP contribution is -2.17. The van der Waals surface area contributed by atoms with E-state index in [1.165, 1.54) is 24.4 Å². The van der Waals surface area contributed by atoms with Crippen molar-refractivity contribution in [3.63, 3.8) is 0 Å². The largest absolute Gasteiger partial charge is 0.493 e. The van der Waals surface area contributed by atoms with Gasteiger partial charge in [-0.25, -0.2) is 4.39 Å². The number of hydrogen-bond acceptors (Lipinski definition) is 5. The number of methoxy groups -OCH3 is 1. The van der Waals surface area contributed by atoms with Crippen molar-refractivity contribution >= 4 is 17.8 Å².